The summed E-state index contributed by atoms with van der Waals surface area (Å²) < 4.78 is 13.5. The fourth-order valence-corrected chi connectivity index (χ4v) is 3.80. The molecule has 0 spiro atoms. The van der Waals surface area contributed by atoms with Crippen molar-refractivity contribution in [3.8, 4) is 11.5 Å². The Morgan fingerprint density at radius 2 is 1.66 bits per heavy atom. The topological polar surface area (TPSA) is 49.2 Å². The maximum atomic E-state index is 5.85. The second-order valence-corrected chi connectivity index (χ2v) is 6.89. The smallest absolute Gasteiger partial charge is 0.160 e. The largest absolute Gasteiger partial charge is 0.497 e. The van der Waals surface area contributed by atoms with Gasteiger partial charge >= 0.3 is 0 Å². The highest BCUT2D eigenvalue weighted by atomic mass is 16.5. The highest BCUT2D eigenvalue weighted by Gasteiger charge is 2.17. The molecule has 0 aliphatic carbocycles. The minimum atomic E-state index is 0.631. The van der Waals surface area contributed by atoms with Crippen molar-refractivity contribution in [1.29, 1.82) is 0 Å². The van der Waals surface area contributed by atoms with E-state index in [1.807, 2.05) is 61.5 Å². The summed E-state index contributed by atoms with van der Waals surface area (Å²) in [5.41, 5.74) is 5.69. The number of benzene rings is 3. The molecule has 29 heavy (non-hydrogen) atoms. The molecule has 2 heterocycles. The van der Waals surface area contributed by atoms with E-state index in [4.69, 9.17) is 19.4 Å². The van der Waals surface area contributed by atoms with Gasteiger partial charge in [0, 0.05) is 10.9 Å². The van der Waals surface area contributed by atoms with Gasteiger partial charge in [-0.15, -0.1) is 0 Å². The Morgan fingerprint density at radius 3 is 2.45 bits per heavy atom. The number of para-hydroxylation sites is 3. The van der Waals surface area contributed by atoms with Crippen LogP contribution in [0.4, 0.5) is 0 Å². The van der Waals surface area contributed by atoms with Crippen molar-refractivity contribution < 1.29 is 9.47 Å². The standard InChI is InChI=1S/C24H21N3O2/c1-3-29-22-11-7-4-8-16(22)15-27-21-13-12-17(28-2)14-18(21)23-24(27)26-20-10-6-5-9-19(20)25-23/h4-14H,3,15H2,1-2H3. The van der Waals surface area contributed by atoms with Gasteiger partial charge < -0.3 is 14.0 Å². The van der Waals surface area contributed by atoms with E-state index >= 15 is 0 Å². The fraction of sp³-hybridized carbons (Fsp3) is 0.167. The first kappa shape index (κ1) is 17.5. The van der Waals surface area contributed by atoms with Gasteiger partial charge in [0.15, 0.2) is 5.65 Å². The average molecular weight is 383 g/mol. The molecule has 0 amide bonds. The predicted molar refractivity (Wildman–Crippen MR) is 116 cm³/mol. The van der Waals surface area contributed by atoms with Crippen molar-refractivity contribution in [3.63, 3.8) is 0 Å². The lowest BCUT2D eigenvalue weighted by molar-refractivity contribution is 0.336. The summed E-state index contributed by atoms with van der Waals surface area (Å²) in [5.74, 6) is 1.70. The molecule has 5 nitrogen and oxygen atoms in total. The van der Waals surface area contributed by atoms with Crippen LogP contribution in [0, 0.1) is 0 Å². The molecule has 0 aliphatic heterocycles. The van der Waals surface area contributed by atoms with Crippen molar-refractivity contribution in [2.45, 2.75) is 13.5 Å². The van der Waals surface area contributed by atoms with Crippen LogP contribution in [-0.2, 0) is 6.54 Å². The van der Waals surface area contributed by atoms with Crippen molar-refractivity contribution in [2.75, 3.05) is 13.7 Å². The molecule has 0 saturated carbocycles. The van der Waals surface area contributed by atoms with Crippen molar-refractivity contribution >= 4 is 33.1 Å². The third-order valence-electron chi connectivity index (χ3n) is 5.16. The zero-order chi connectivity index (χ0) is 19.8. The second-order valence-electron chi connectivity index (χ2n) is 6.89. The summed E-state index contributed by atoms with van der Waals surface area (Å²) in [7, 11) is 1.68. The maximum absolute atomic E-state index is 5.85. The van der Waals surface area contributed by atoms with E-state index in [0.29, 0.717) is 13.2 Å². The van der Waals surface area contributed by atoms with Gasteiger partial charge in [-0.1, -0.05) is 30.3 Å². The Kier molecular flexibility index (Phi) is 4.28. The van der Waals surface area contributed by atoms with Gasteiger partial charge in [0.1, 0.15) is 17.0 Å². The summed E-state index contributed by atoms with van der Waals surface area (Å²) in [4.78, 5) is 9.89. The summed E-state index contributed by atoms with van der Waals surface area (Å²) >= 11 is 0. The highest BCUT2D eigenvalue weighted by Crippen LogP contribution is 2.32. The third kappa shape index (κ3) is 2.95. The Balaban J connectivity index is 1.80. The lowest BCUT2D eigenvalue weighted by atomic mass is 10.2. The summed E-state index contributed by atoms with van der Waals surface area (Å²) in [6.07, 6.45) is 0. The van der Waals surface area contributed by atoms with Gasteiger partial charge in [-0.2, -0.15) is 0 Å². The molecule has 0 N–H and O–H groups in total. The quantitative estimate of drug-likeness (QED) is 0.419. The van der Waals surface area contributed by atoms with Crippen molar-refractivity contribution in [3.05, 3.63) is 72.3 Å². The molecule has 2 aromatic heterocycles. The van der Waals surface area contributed by atoms with E-state index in [9.17, 15) is 0 Å². The van der Waals surface area contributed by atoms with Gasteiger partial charge in [0.25, 0.3) is 0 Å². The van der Waals surface area contributed by atoms with Gasteiger partial charge in [-0.05, 0) is 43.3 Å². The van der Waals surface area contributed by atoms with E-state index in [1.165, 1.54) is 0 Å². The third-order valence-corrected chi connectivity index (χ3v) is 5.16. The van der Waals surface area contributed by atoms with Gasteiger partial charge in [-0.25, -0.2) is 9.97 Å². The molecule has 0 radical (unpaired) electrons. The van der Waals surface area contributed by atoms with Crippen LogP contribution in [-0.4, -0.2) is 28.3 Å². The monoisotopic (exact) mass is 383 g/mol. The number of methoxy groups -OCH3 is 1. The lowest BCUT2D eigenvalue weighted by Crippen LogP contribution is -2.04. The first-order valence-corrected chi connectivity index (χ1v) is 9.72. The van der Waals surface area contributed by atoms with Crippen LogP contribution in [0.2, 0.25) is 0 Å². The first-order chi connectivity index (χ1) is 14.3. The van der Waals surface area contributed by atoms with Crippen LogP contribution in [0.1, 0.15) is 12.5 Å². The normalized spacial score (nSPS) is 11.4. The zero-order valence-corrected chi connectivity index (χ0v) is 16.4. The van der Waals surface area contributed by atoms with Gasteiger partial charge in [0.2, 0.25) is 0 Å². The molecule has 0 aliphatic rings. The average Bonchev–Trinajstić information content (AvgIpc) is 3.05. The number of hydrogen-bond donors (Lipinski definition) is 0. The van der Waals surface area contributed by atoms with E-state index in [-0.39, 0.29) is 0 Å². The Morgan fingerprint density at radius 1 is 0.897 bits per heavy atom. The maximum Gasteiger partial charge on any atom is 0.160 e. The minimum Gasteiger partial charge on any atom is -0.497 e. The molecular weight excluding hydrogens is 362 g/mol. The van der Waals surface area contributed by atoms with Gasteiger partial charge in [0.05, 0.1) is 36.8 Å². The second kappa shape index (κ2) is 7.09. The molecule has 5 rings (SSSR count). The number of hydrogen-bond acceptors (Lipinski definition) is 4. The summed E-state index contributed by atoms with van der Waals surface area (Å²) in [5, 5.41) is 1.03. The molecule has 0 saturated heterocycles. The summed E-state index contributed by atoms with van der Waals surface area (Å²) in [6.45, 7) is 3.28. The van der Waals surface area contributed by atoms with Crippen LogP contribution < -0.4 is 9.47 Å². The number of ether oxygens (including phenoxy) is 2. The molecule has 144 valence electrons. The molecule has 3 aromatic carbocycles. The lowest BCUT2D eigenvalue weighted by Gasteiger charge is -2.12. The molecular formula is C24H21N3O2. The predicted octanol–water partition coefficient (Wildman–Crippen LogP) is 5.19. The molecule has 0 fully saturated rings. The van der Waals surface area contributed by atoms with E-state index < -0.39 is 0 Å². The molecule has 0 atom stereocenters. The Bertz CT molecular complexity index is 1340. The van der Waals surface area contributed by atoms with E-state index in [2.05, 4.69) is 16.7 Å². The van der Waals surface area contributed by atoms with Crippen LogP contribution in [0.5, 0.6) is 11.5 Å². The zero-order valence-electron chi connectivity index (χ0n) is 16.4. The molecule has 5 aromatic rings. The number of rotatable bonds is 5. The van der Waals surface area contributed by atoms with Crippen LogP contribution in [0.25, 0.3) is 33.1 Å². The van der Waals surface area contributed by atoms with Crippen LogP contribution >= 0.6 is 0 Å². The van der Waals surface area contributed by atoms with Crippen molar-refractivity contribution in [1.82, 2.24) is 14.5 Å². The summed E-state index contributed by atoms with van der Waals surface area (Å²) in [6, 6.07) is 22.2. The number of nitrogens with zero attached hydrogens (tertiary/aromatic N) is 3. The minimum absolute atomic E-state index is 0.631. The Labute approximate surface area is 168 Å². The molecule has 0 bridgehead atoms. The number of aromatic nitrogens is 3. The van der Waals surface area contributed by atoms with Crippen molar-refractivity contribution in [2.24, 2.45) is 0 Å². The SMILES string of the molecule is CCOc1ccccc1Cn1c2ccc(OC)cc2c2nc3ccccc3nc21. The first-order valence-electron chi connectivity index (χ1n) is 9.72. The van der Waals surface area contributed by atoms with E-state index in [1.54, 1.807) is 7.11 Å². The fourth-order valence-electron chi connectivity index (χ4n) is 3.80. The molecule has 5 heteroatoms. The van der Waals surface area contributed by atoms with Crippen LogP contribution in [0.3, 0.4) is 0 Å². The van der Waals surface area contributed by atoms with Crippen LogP contribution in [0.15, 0.2) is 66.7 Å². The highest BCUT2D eigenvalue weighted by molar-refractivity contribution is 6.07. The Hall–Kier alpha value is -3.60. The molecule has 0 unspecified atom stereocenters. The number of fused-ring (bicyclic) bond motifs is 4. The van der Waals surface area contributed by atoms with Gasteiger partial charge in [-0.3, -0.25) is 0 Å². The van der Waals surface area contributed by atoms with E-state index in [0.717, 1.165) is 50.2 Å².